The third-order valence-corrected chi connectivity index (χ3v) is 2.12. The number of phenols is 1. The van der Waals surface area contributed by atoms with Crippen LogP contribution >= 0.6 is 53.4 Å². The third kappa shape index (κ3) is 3.72. The van der Waals surface area contributed by atoms with Crippen LogP contribution in [0.25, 0.3) is 10.8 Å². The van der Waals surface area contributed by atoms with Crippen molar-refractivity contribution in [1.29, 1.82) is 0 Å². The Hall–Kier alpha value is -0.530. The molecule has 17 heavy (non-hydrogen) atoms. The molecule has 2 N–H and O–H groups in total. The topological polar surface area (TPSA) is 57.5 Å². The number of aromatic hydroxyl groups is 1. The molecular weight excluding hydrogens is 422 g/mol. The third-order valence-electron chi connectivity index (χ3n) is 2.12. The molecule has 0 fully saturated rings. The molecule has 0 aromatic heterocycles. The molecule has 0 saturated heterocycles. The van der Waals surface area contributed by atoms with E-state index in [1.165, 1.54) is 6.07 Å². The molecule has 0 aliphatic carbocycles. The average molecular weight is 433 g/mol. The van der Waals surface area contributed by atoms with E-state index in [-0.39, 0.29) is 64.7 Å². The zero-order valence-corrected chi connectivity index (χ0v) is 13.4. The van der Waals surface area contributed by atoms with Crippen LogP contribution in [0.2, 0.25) is 0 Å². The molecule has 0 atom stereocenters. The Morgan fingerprint density at radius 2 is 1.65 bits per heavy atom. The van der Waals surface area contributed by atoms with Gasteiger partial charge in [0.25, 0.3) is 0 Å². The van der Waals surface area contributed by atoms with Crippen LogP contribution in [-0.4, -0.2) is 16.2 Å². The number of carboxylic acids is 1. The summed E-state index contributed by atoms with van der Waals surface area (Å²) >= 11 is 0. The van der Waals surface area contributed by atoms with E-state index in [4.69, 9.17) is 5.11 Å². The zero-order valence-electron chi connectivity index (χ0n) is 8.49. The molecule has 0 amide bonds. The van der Waals surface area contributed by atoms with Crippen LogP contribution in [0.5, 0.6) is 5.75 Å². The van der Waals surface area contributed by atoms with Crippen molar-refractivity contribution in [1.82, 2.24) is 0 Å². The summed E-state index contributed by atoms with van der Waals surface area (Å²) in [6, 6.07) is 10.1. The summed E-state index contributed by atoms with van der Waals surface area (Å²) in [6.07, 6.45) is 0. The average Bonchev–Trinajstić information content (AvgIpc) is 2.17. The van der Waals surface area contributed by atoms with Gasteiger partial charge in [0.1, 0.15) is 11.3 Å². The first kappa shape index (κ1) is 18.8. The van der Waals surface area contributed by atoms with Gasteiger partial charge >= 0.3 is 5.97 Å². The molecule has 0 radical (unpaired) electrons. The molecule has 0 bridgehead atoms. The number of carboxylic acid groups (broad SMARTS) is 1. The molecular formula is C11H11BrClIO3. The highest BCUT2D eigenvalue weighted by Crippen LogP contribution is 2.26. The predicted octanol–water partition coefficient (Wildman–Crippen LogP) is 3.86. The van der Waals surface area contributed by atoms with Crippen molar-refractivity contribution in [3.05, 3.63) is 42.0 Å². The van der Waals surface area contributed by atoms with Crippen LogP contribution < -0.4 is 0 Å². The monoisotopic (exact) mass is 432 g/mol. The summed E-state index contributed by atoms with van der Waals surface area (Å²) in [5.74, 6) is -1.31. The summed E-state index contributed by atoms with van der Waals surface area (Å²) < 4.78 is 0. The number of hydrogen-bond acceptors (Lipinski definition) is 2. The van der Waals surface area contributed by atoms with Crippen LogP contribution in [0.4, 0.5) is 0 Å². The highest BCUT2D eigenvalue weighted by atomic mass is 127. The SMILES string of the molecule is Br.Cl.I.O=C(O)c1c(O)ccc2ccccc12. The largest absolute Gasteiger partial charge is 0.507 e. The van der Waals surface area contributed by atoms with Crippen molar-refractivity contribution in [2.75, 3.05) is 0 Å². The Morgan fingerprint density at radius 3 is 2.24 bits per heavy atom. The first-order valence-corrected chi connectivity index (χ1v) is 4.14. The summed E-state index contributed by atoms with van der Waals surface area (Å²) in [7, 11) is 0. The lowest BCUT2D eigenvalue weighted by Gasteiger charge is -2.03. The molecule has 2 aromatic carbocycles. The second-order valence-electron chi connectivity index (χ2n) is 2.99. The van der Waals surface area contributed by atoms with E-state index in [1.54, 1.807) is 24.3 Å². The summed E-state index contributed by atoms with van der Waals surface area (Å²) in [6.45, 7) is 0. The number of carbonyl (C=O) groups is 1. The van der Waals surface area contributed by atoms with E-state index in [0.29, 0.717) is 5.39 Å². The lowest BCUT2D eigenvalue weighted by atomic mass is 10.0. The van der Waals surface area contributed by atoms with Crippen molar-refractivity contribution < 1.29 is 15.0 Å². The highest BCUT2D eigenvalue weighted by Gasteiger charge is 2.12. The van der Waals surface area contributed by atoms with Gasteiger partial charge in [-0.3, -0.25) is 0 Å². The van der Waals surface area contributed by atoms with Crippen molar-refractivity contribution >= 4 is 70.1 Å². The standard InChI is InChI=1S/C11H8O3.BrH.ClH.HI/c12-9-6-5-7-3-1-2-4-8(7)10(9)11(13)14;;;/h1-6,12H,(H,13,14);3*1H. The van der Waals surface area contributed by atoms with Gasteiger partial charge in [-0.1, -0.05) is 30.3 Å². The number of hydrogen-bond donors (Lipinski definition) is 2. The smallest absolute Gasteiger partial charge is 0.340 e. The normalized spacial score (nSPS) is 8.47. The lowest BCUT2D eigenvalue weighted by molar-refractivity contribution is 0.0696. The van der Waals surface area contributed by atoms with Crippen LogP contribution in [0.1, 0.15) is 10.4 Å². The summed E-state index contributed by atoms with van der Waals surface area (Å²) in [5, 5.41) is 19.7. The van der Waals surface area contributed by atoms with Crippen LogP contribution in [0.3, 0.4) is 0 Å². The van der Waals surface area contributed by atoms with Gasteiger partial charge in [0.15, 0.2) is 0 Å². The molecule has 3 nitrogen and oxygen atoms in total. The van der Waals surface area contributed by atoms with Gasteiger partial charge in [0.2, 0.25) is 0 Å². The van der Waals surface area contributed by atoms with Gasteiger partial charge < -0.3 is 10.2 Å². The van der Waals surface area contributed by atoms with E-state index in [1.807, 2.05) is 6.07 Å². The Morgan fingerprint density at radius 1 is 1.06 bits per heavy atom. The molecule has 94 valence electrons. The minimum absolute atomic E-state index is 0. The fourth-order valence-corrected chi connectivity index (χ4v) is 1.48. The van der Waals surface area contributed by atoms with Crippen molar-refractivity contribution in [2.45, 2.75) is 0 Å². The first-order chi connectivity index (χ1) is 6.70. The quantitative estimate of drug-likeness (QED) is 0.672. The van der Waals surface area contributed by atoms with Gasteiger partial charge in [-0.05, 0) is 16.8 Å². The number of rotatable bonds is 1. The number of benzene rings is 2. The molecule has 6 heteroatoms. The van der Waals surface area contributed by atoms with Gasteiger partial charge in [-0.2, -0.15) is 0 Å². The first-order valence-electron chi connectivity index (χ1n) is 4.14. The molecule has 0 unspecified atom stereocenters. The summed E-state index contributed by atoms with van der Waals surface area (Å²) in [4.78, 5) is 10.9. The molecule has 2 aromatic rings. The Bertz CT molecular complexity index is 519. The predicted molar refractivity (Wildman–Crippen MR) is 85.6 cm³/mol. The fourth-order valence-electron chi connectivity index (χ4n) is 1.48. The molecule has 0 spiro atoms. The second-order valence-corrected chi connectivity index (χ2v) is 2.99. The highest BCUT2D eigenvalue weighted by molar-refractivity contribution is 14.0. The van der Waals surface area contributed by atoms with Gasteiger partial charge in [-0.15, -0.1) is 53.4 Å². The van der Waals surface area contributed by atoms with Crippen LogP contribution in [-0.2, 0) is 0 Å². The maximum atomic E-state index is 10.9. The van der Waals surface area contributed by atoms with Gasteiger partial charge in [0.05, 0.1) is 0 Å². The van der Waals surface area contributed by atoms with Crippen LogP contribution in [0.15, 0.2) is 36.4 Å². The molecule has 2 rings (SSSR count). The maximum Gasteiger partial charge on any atom is 0.340 e. The van der Waals surface area contributed by atoms with Crippen molar-refractivity contribution in [2.24, 2.45) is 0 Å². The van der Waals surface area contributed by atoms with E-state index < -0.39 is 5.97 Å². The number of fused-ring (bicyclic) bond motifs is 1. The molecule has 0 heterocycles. The van der Waals surface area contributed by atoms with E-state index in [2.05, 4.69) is 0 Å². The Balaban J connectivity index is 0. The van der Waals surface area contributed by atoms with E-state index >= 15 is 0 Å². The molecule has 0 saturated carbocycles. The number of halogens is 3. The minimum atomic E-state index is -1.11. The Labute approximate surface area is 132 Å². The van der Waals surface area contributed by atoms with Gasteiger partial charge in [-0.25, -0.2) is 4.79 Å². The second kappa shape index (κ2) is 7.73. The lowest BCUT2D eigenvalue weighted by Crippen LogP contribution is -1.97. The van der Waals surface area contributed by atoms with E-state index in [0.717, 1.165) is 5.39 Å². The van der Waals surface area contributed by atoms with Gasteiger partial charge in [0, 0.05) is 0 Å². The maximum absolute atomic E-state index is 10.9. The minimum Gasteiger partial charge on any atom is -0.507 e. The number of aromatic carboxylic acids is 1. The molecule has 0 aliphatic rings. The van der Waals surface area contributed by atoms with E-state index in [9.17, 15) is 9.90 Å². The molecule has 0 aliphatic heterocycles. The zero-order chi connectivity index (χ0) is 10.1. The Kier molecular flexibility index (Phi) is 8.56. The van der Waals surface area contributed by atoms with Crippen molar-refractivity contribution in [3.63, 3.8) is 0 Å². The summed E-state index contributed by atoms with van der Waals surface area (Å²) in [5.41, 5.74) is -0.0388. The van der Waals surface area contributed by atoms with Crippen LogP contribution in [0, 0.1) is 0 Å². The fraction of sp³-hybridized carbons (Fsp3) is 0. The van der Waals surface area contributed by atoms with Crippen molar-refractivity contribution in [3.8, 4) is 5.75 Å².